The Hall–Kier alpha value is -2.84. The van der Waals surface area contributed by atoms with Crippen molar-refractivity contribution in [1.29, 1.82) is 0 Å². The number of pyridine rings is 1. The van der Waals surface area contributed by atoms with Crippen molar-refractivity contribution < 1.29 is 13.2 Å². The topological polar surface area (TPSA) is 88.2 Å². The zero-order chi connectivity index (χ0) is 21.9. The molecule has 0 atom stereocenters. The molecular formula is C22H23N3O3S2. The molecule has 2 aromatic carbocycles. The summed E-state index contributed by atoms with van der Waals surface area (Å²) in [5.74, 6) is -0.316. The first-order valence-electron chi connectivity index (χ1n) is 9.22. The molecule has 2 N–H and O–H groups in total. The molecule has 0 aliphatic heterocycles. The average molecular weight is 442 g/mol. The first-order valence-corrected chi connectivity index (χ1v) is 11.9. The Morgan fingerprint density at radius 3 is 2.40 bits per heavy atom. The van der Waals surface area contributed by atoms with E-state index in [-0.39, 0.29) is 5.91 Å². The van der Waals surface area contributed by atoms with Gasteiger partial charge in [-0.15, -0.1) is 0 Å². The summed E-state index contributed by atoms with van der Waals surface area (Å²) in [6, 6.07) is 14.6. The summed E-state index contributed by atoms with van der Waals surface area (Å²) in [6.07, 6.45) is 2.74. The summed E-state index contributed by atoms with van der Waals surface area (Å²) in [5.41, 5.74) is 4.49. The van der Waals surface area contributed by atoms with Crippen molar-refractivity contribution in [1.82, 2.24) is 4.98 Å². The van der Waals surface area contributed by atoms with Crippen LogP contribution in [0.25, 0.3) is 0 Å². The van der Waals surface area contributed by atoms with Gasteiger partial charge in [-0.1, -0.05) is 23.9 Å². The minimum absolute atomic E-state index is 0.316. The molecule has 0 aliphatic carbocycles. The third-order valence-electron chi connectivity index (χ3n) is 4.50. The van der Waals surface area contributed by atoms with Crippen molar-refractivity contribution in [2.75, 3.05) is 16.3 Å². The van der Waals surface area contributed by atoms with Crippen LogP contribution in [0.4, 0.5) is 11.4 Å². The van der Waals surface area contributed by atoms with Crippen LogP contribution in [0, 0.1) is 20.8 Å². The molecule has 0 spiro atoms. The lowest BCUT2D eigenvalue weighted by Crippen LogP contribution is -2.15. The second kappa shape index (κ2) is 8.89. The Morgan fingerprint density at radius 1 is 0.967 bits per heavy atom. The Kier molecular flexibility index (Phi) is 6.48. The van der Waals surface area contributed by atoms with Crippen molar-refractivity contribution >= 4 is 39.1 Å². The van der Waals surface area contributed by atoms with Crippen LogP contribution in [0.1, 0.15) is 27.0 Å². The predicted octanol–water partition coefficient (Wildman–Crippen LogP) is 4.78. The molecule has 0 aliphatic rings. The van der Waals surface area contributed by atoms with Crippen molar-refractivity contribution in [3.05, 3.63) is 77.0 Å². The van der Waals surface area contributed by atoms with Gasteiger partial charge in [0, 0.05) is 16.8 Å². The zero-order valence-electron chi connectivity index (χ0n) is 17.2. The van der Waals surface area contributed by atoms with E-state index in [1.165, 1.54) is 22.9 Å². The van der Waals surface area contributed by atoms with Crippen LogP contribution in [-0.2, 0) is 10.0 Å². The summed E-state index contributed by atoms with van der Waals surface area (Å²) in [7, 11) is -3.42. The largest absolute Gasteiger partial charge is 0.322 e. The van der Waals surface area contributed by atoms with E-state index < -0.39 is 10.0 Å². The summed E-state index contributed by atoms with van der Waals surface area (Å²) >= 11 is 1.43. The summed E-state index contributed by atoms with van der Waals surface area (Å²) in [5, 5.41) is 3.43. The van der Waals surface area contributed by atoms with Crippen molar-refractivity contribution in [2.24, 2.45) is 0 Å². The third-order valence-corrected chi connectivity index (χ3v) is 6.10. The highest BCUT2D eigenvalue weighted by Crippen LogP contribution is 2.30. The van der Waals surface area contributed by atoms with E-state index in [0.29, 0.717) is 22.0 Å². The number of nitrogens with zero attached hydrogens (tertiary/aromatic N) is 1. The highest BCUT2D eigenvalue weighted by atomic mass is 32.2. The molecule has 8 heteroatoms. The van der Waals surface area contributed by atoms with E-state index in [9.17, 15) is 13.2 Å². The molecule has 0 saturated carbocycles. The molecule has 0 radical (unpaired) electrons. The van der Waals surface area contributed by atoms with Crippen LogP contribution in [0.2, 0.25) is 0 Å². The van der Waals surface area contributed by atoms with Crippen LogP contribution in [0.5, 0.6) is 0 Å². The van der Waals surface area contributed by atoms with Crippen LogP contribution in [0.15, 0.2) is 64.6 Å². The molecule has 6 nitrogen and oxygen atoms in total. The zero-order valence-corrected chi connectivity index (χ0v) is 18.8. The molecule has 1 heterocycles. The lowest BCUT2D eigenvalue weighted by atomic mass is 10.1. The fraction of sp³-hybridized carbons (Fsp3) is 0.182. The molecule has 3 aromatic rings. The number of anilines is 2. The first kappa shape index (κ1) is 21.9. The maximum Gasteiger partial charge on any atom is 0.258 e. The highest BCUT2D eigenvalue weighted by Gasteiger charge is 2.15. The standard InChI is InChI=1S/C22H23N3O3S2/c1-14-8-10-18(12-16(14)3)29-22-19(6-5-11-23-22)21(26)24-17-9-7-15(2)20(13-17)25-30(4,27)28/h5-13,25H,1-4H3,(H,24,26). The number of amides is 1. The predicted molar refractivity (Wildman–Crippen MR) is 122 cm³/mol. The van der Waals surface area contributed by atoms with Gasteiger partial charge >= 0.3 is 0 Å². The van der Waals surface area contributed by atoms with E-state index in [1.807, 2.05) is 19.1 Å². The van der Waals surface area contributed by atoms with Gasteiger partial charge in [-0.3, -0.25) is 9.52 Å². The smallest absolute Gasteiger partial charge is 0.258 e. The normalized spacial score (nSPS) is 11.2. The third kappa shape index (κ3) is 5.61. The SMILES string of the molecule is Cc1ccc(Sc2ncccc2C(=O)Nc2ccc(C)c(NS(C)(=O)=O)c2)cc1C. The summed E-state index contributed by atoms with van der Waals surface area (Å²) in [6.45, 7) is 5.89. The van der Waals surface area contributed by atoms with Gasteiger partial charge in [0.25, 0.3) is 5.91 Å². The van der Waals surface area contributed by atoms with E-state index in [2.05, 4.69) is 28.0 Å². The van der Waals surface area contributed by atoms with Crippen LogP contribution in [0.3, 0.4) is 0 Å². The van der Waals surface area contributed by atoms with Gasteiger partial charge in [0.05, 0.1) is 17.5 Å². The van der Waals surface area contributed by atoms with Gasteiger partial charge in [-0.05, 0) is 73.9 Å². The number of carbonyl (C=O) groups excluding carboxylic acids is 1. The Bertz CT molecular complexity index is 1210. The van der Waals surface area contributed by atoms with Gasteiger partial charge in [0.1, 0.15) is 5.03 Å². The van der Waals surface area contributed by atoms with Crippen LogP contribution < -0.4 is 10.0 Å². The van der Waals surface area contributed by atoms with Crippen LogP contribution in [-0.4, -0.2) is 25.6 Å². The number of benzene rings is 2. The Labute approximate surface area is 181 Å². The fourth-order valence-electron chi connectivity index (χ4n) is 2.74. The molecule has 1 aromatic heterocycles. The molecule has 3 rings (SSSR count). The second-order valence-electron chi connectivity index (χ2n) is 7.06. The van der Waals surface area contributed by atoms with Gasteiger partial charge < -0.3 is 5.32 Å². The van der Waals surface area contributed by atoms with Crippen LogP contribution >= 0.6 is 11.8 Å². The molecule has 1 amide bonds. The minimum atomic E-state index is -3.42. The quantitative estimate of drug-likeness (QED) is 0.575. The van der Waals surface area contributed by atoms with E-state index in [0.717, 1.165) is 16.7 Å². The van der Waals surface area contributed by atoms with Gasteiger partial charge in [-0.2, -0.15) is 0 Å². The second-order valence-corrected chi connectivity index (χ2v) is 9.87. The van der Waals surface area contributed by atoms with Gasteiger partial charge in [-0.25, -0.2) is 13.4 Å². The Morgan fingerprint density at radius 2 is 1.70 bits per heavy atom. The summed E-state index contributed by atoms with van der Waals surface area (Å²) in [4.78, 5) is 18.3. The minimum Gasteiger partial charge on any atom is -0.322 e. The molecule has 0 unspecified atom stereocenters. The monoisotopic (exact) mass is 441 g/mol. The molecule has 30 heavy (non-hydrogen) atoms. The molecular weight excluding hydrogens is 418 g/mol. The number of hydrogen-bond donors (Lipinski definition) is 2. The molecule has 156 valence electrons. The first-order chi connectivity index (χ1) is 14.1. The summed E-state index contributed by atoms with van der Waals surface area (Å²) < 4.78 is 25.6. The number of aryl methyl sites for hydroxylation is 3. The molecule has 0 saturated heterocycles. The number of hydrogen-bond acceptors (Lipinski definition) is 5. The number of aromatic nitrogens is 1. The maximum atomic E-state index is 12.9. The lowest BCUT2D eigenvalue weighted by Gasteiger charge is -2.12. The lowest BCUT2D eigenvalue weighted by molar-refractivity contribution is 0.102. The number of carbonyl (C=O) groups is 1. The van der Waals surface area contributed by atoms with E-state index in [4.69, 9.17) is 0 Å². The van der Waals surface area contributed by atoms with Gasteiger partial charge in [0.15, 0.2) is 0 Å². The van der Waals surface area contributed by atoms with Gasteiger partial charge in [0.2, 0.25) is 10.0 Å². The number of sulfonamides is 1. The molecule has 0 fully saturated rings. The van der Waals surface area contributed by atoms with E-state index >= 15 is 0 Å². The number of nitrogens with one attached hydrogen (secondary N) is 2. The fourth-order valence-corrected chi connectivity index (χ4v) is 4.34. The van der Waals surface area contributed by atoms with Crippen molar-refractivity contribution in [3.63, 3.8) is 0 Å². The van der Waals surface area contributed by atoms with E-state index in [1.54, 1.807) is 43.5 Å². The van der Waals surface area contributed by atoms with Crippen molar-refractivity contribution in [3.8, 4) is 0 Å². The average Bonchev–Trinajstić information content (AvgIpc) is 2.66. The highest BCUT2D eigenvalue weighted by molar-refractivity contribution is 7.99. The number of rotatable bonds is 6. The molecule has 0 bridgehead atoms. The van der Waals surface area contributed by atoms with Crippen molar-refractivity contribution in [2.45, 2.75) is 30.7 Å². The Balaban J connectivity index is 1.84. The maximum absolute atomic E-state index is 12.9.